The van der Waals surface area contributed by atoms with Crippen molar-refractivity contribution in [3.8, 4) is 0 Å². The molecule has 0 aliphatic rings. The van der Waals surface area contributed by atoms with Crippen molar-refractivity contribution in [1.82, 2.24) is 4.57 Å². The van der Waals surface area contributed by atoms with Gasteiger partial charge in [0.05, 0.1) is 0 Å². The van der Waals surface area contributed by atoms with Gasteiger partial charge in [0.25, 0.3) is 0 Å². The van der Waals surface area contributed by atoms with Crippen molar-refractivity contribution in [3.05, 3.63) is 35.5 Å². The van der Waals surface area contributed by atoms with E-state index in [1.54, 1.807) is 0 Å². The van der Waals surface area contributed by atoms with Crippen molar-refractivity contribution in [2.24, 2.45) is 7.05 Å². The Morgan fingerprint density at radius 1 is 1.21 bits per heavy atom. The molecule has 0 bridgehead atoms. The van der Waals surface area contributed by atoms with Crippen molar-refractivity contribution in [2.45, 2.75) is 26.7 Å². The van der Waals surface area contributed by atoms with Crippen molar-refractivity contribution < 1.29 is 0 Å². The molecule has 0 unspecified atom stereocenters. The summed E-state index contributed by atoms with van der Waals surface area (Å²) in [7, 11) is 2.11. The molecule has 74 valence electrons. The second-order valence-corrected chi connectivity index (χ2v) is 4.35. The monoisotopic (exact) mass is 187 g/mol. The molecule has 1 aromatic heterocycles. The third-order valence-electron chi connectivity index (χ3n) is 2.88. The summed E-state index contributed by atoms with van der Waals surface area (Å²) in [6.45, 7) is 6.63. The SMILES string of the molecule is Cc1cn(C)c2cc(C(C)C)ccc12. The first kappa shape index (κ1) is 9.32. The molecular weight excluding hydrogens is 170 g/mol. The second-order valence-electron chi connectivity index (χ2n) is 4.35. The number of rotatable bonds is 1. The summed E-state index contributed by atoms with van der Waals surface area (Å²) in [6.07, 6.45) is 2.19. The highest BCUT2D eigenvalue weighted by Crippen LogP contribution is 2.24. The number of nitrogens with zero attached hydrogens (tertiary/aromatic N) is 1. The van der Waals surface area contributed by atoms with E-state index in [4.69, 9.17) is 0 Å². The molecule has 1 nitrogen and oxygen atoms in total. The van der Waals surface area contributed by atoms with Crippen LogP contribution < -0.4 is 0 Å². The van der Waals surface area contributed by atoms with Gasteiger partial charge in [0.2, 0.25) is 0 Å². The molecule has 0 saturated carbocycles. The zero-order valence-electron chi connectivity index (χ0n) is 9.33. The van der Waals surface area contributed by atoms with E-state index >= 15 is 0 Å². The summed E-state index contributed by atoms with van der Waals surface area (Å²) in [4.78, 5) is 0. The van der Waals surface area contributed by atoms with Crippen LogP contribution in [0.3, 0.4) is 0 Å². The summed E-state index contributed by atoms with van der Waals surface area (Å²) >= 11 is 0. The summed E-state index contributed by atoms with van der Waals surface area (Å²) in [5.74, 6) is 0.606. The minimum absolute atomic E-state index is 0.606. The minimum atomic E-state index is 0.606. The fraction of sp³-hybridized carbons (Fsp3) is 0.385. The van der Waals surface area contributed by atoms with E-state index < -0.39 is 0 Å². The average Bonchev–Trinajstić information content (AvgIpc) is 2.42. The topological polar surface area (TPSA) is 4.93 Å². The lowest BCUT2D eigenvalue weighted by molar-refractivity contribution is 0.865. The fourth-order valence-corrected chi connectivity index (χ4v) is 1.96. The molecule has 0 aliphatic carbocycles. The Hall–Kier alpha value is -1.24. The van der Waals surface area contributed by atoms with Crippen molar-refractivity contribution in [2.75, 3.05) is 0 Å². The van der Waals surface area contributed by atoms with E-state index in [2.05, 4.69) is 56.8 Å². The van der Waals surface area contributed by atoms with E-state index in [0.717, 1.165) is 0 Å². The molecule has 0 fully saturated rings. The van der Waals surface area contributed by atoms with Gasteiger partial charge >= 0.3 is 0 Å². The highest BCUT2D eigenvalue weighted by Gasteiger charge is 2.05. The standard InChI is InChI=1S/C13H17N/c1-9(2)11-5-6-12-10(3)8-14(4)13(12)7-11/h5-9H,1-4H3. The van der Waals surface area contributed by atoms with Crippen molar-refractivity contribution >= 4 is 10.9 Å². The van der Waals surface area contributed by atoms with Crippen LogP contribution in [-0.4, -0.2) is 4.57 Å². The Morgan fingerprint density at radius 3 is 2.57 bits per heavy atom. The van der Waals surface area contributed by atoms with Gasteiger partial charge in [-0.25, -0.2) is 0 Å². The molecule has 1 aromatic carbocycles. The van der Waals surface area contributed by atoms with Crippen LogP contribution in [0.15, 0.2) is 24.4 Å². The van der Waals surface area contributed by atoms with Gasteiger partial charge in [-0.2, -0.15) is 0 Å². The molecule has 2 aromatic rings. The Labute approximate surface area is 85.4 Å². The number of fused-ring (bicyclic) bond motifs is 1. The molecule has 0 saturated heterocycles. The van der Waals surface area contributed by atoms with E-state index in [9.17, 15) is 0 Å². The molecule has 0 N–H and O–H groups in total. The lowest BCUT2D eigenvalue weighted by Crippen LogP contribution is -1.89. The van der Waals surface area contributed by atoms with Crippen LogP contribution in [0, 0.1) is 6.92 Å². The van der Waals surface area contributed by atoms with Crippen molar-refractivity contribution in [1.29, 1.82) is 0 Å². The summed E-state index contributed by atoms with van der Waals surface area (Å²) in [5, 5.41) is 1.37. The van der Waals surface area contributed by atoms with Gasteiger partial charge in [-0.3, -0.25) is 0 Å². The maximum atomic E-state index is 2.30. The number of aromatic nitrogens is 1. The molecule has 0 aliphatic heterocycles. The maximum absolute atomic E-state index is 2.30. The lowest BCUT2D eigenvalue weighted by atomic mass is 10.0. The van der Waals surface area contributed by atoms with Gasteiger partial charge in [-0.15, -0.1) is 0 Å². The predicted molar refractivity (Wildman–Crippen MR) is 61.7 cm³/mol. The zero-order chi connectivity index (χ0) is 10.3. The van der Waals surface area contributed by atoms with Gasteiger partial charge in [0.15, 0.2) is 0 Å². The molecule has 0 atom stereocenters. The Bertz CT molecular complexity index is 463. The first-order valence-corrected chi connectivity index (χ1v) is 5.15. The quantitative estimate of drug-likeness (QED) is 0.642. The normalized spacial score (nSPS) is 11.5. The molecule has 0 radical (unpaired) electrons. The first-order chi connectivity index (χ1) is 6.59. The third-order valence-corrected chi connectivity index (χ3v) is 2.88. The smallest absolute Gasteiger partial charge is 0.0483 e. The highest BCUT2D eigenvalue weighted by molar-refractivity contribution is 5.84. The molecule has 0 amide bonds. The van der Waals surface area contributed by atoms with Gasteiger partial charge in [0.1, 0.15) is 0 Å². The molecular formula is C13H17N. The Balaban J connectivity index is 2.71. The Kier molecular flexibility index (Phi) is 2.10. The van der Waals surface area contributed by atoms with Crippen LogP contribution >= 0.6 is 0 Å². The van der Waals surface area contributed by atoms with Crippen LogP contribution in [0.5, 0.6) is 0 Å². The van der Waals surface area contributed by atoms with Gasteiger partial charge < -0.3 is 4.57 Å². The fourth-order valence-electron chi connectivity index (χ4n) is 1.96. The van der Waals surface area contributed by atoms with Gasteiger partial charge in [-0.1, -0.05) is 26.0 Å². The summed E-state index contributed by atoms with van der Waals surface area (Å²) in [5.41, 5.74) is 4.12. The van der Waals surface area contributed by atoms with Crippen LogP contribution in [0.1, 0.15) is 30.9 Å². The number of hydrogen-bond acceptors (Lipinski definition) is 0. The summed E-state index contributed by atoms with van der Waals surface area (Å²) < 4.78 is 2.20. The van der Waals surface area contributed by atoms with Gasteiger partial charge in [0, 0.05) is 24.1 Å². The third kappa shape index (κ3) is 1.33. The molecule has 14 heavy (non-hydrogen) atoms. The predicted octanol–water partition coefficient (Wildman–Crippen LogP) is 3.61. The van der Waals surface area contributed by atoms with Gasteiger partial charge in [-0.05, 0) is 30.0 Å². The number of benzene rings is 1. The van der Waals surface area contributed by atoms with E-state index in [1.807, 2.05) is 0 Å². The molecule has 0 spiro atoms. The molecule has 1 heteroatoms. The van der Waals surface area contributed by atoms with Crippen molar-refractivity contribution in [3.63, 3.8) is 0 Å². The van der Waals surface area contributed by atoms with E-state index in [0.29, 0.717) is 5.92 Å². The number of hydrogen-bond donors (Lipinski definition) is 0. The average molecular weight is 187 g/mol. The maximum Gasteiger partial charge on any atom is 0.0483 e. The van der Waals surface area contributed by atoms with E-state index in [-0.39, 0.29) is 0 Å². The lowest BCUT2D eigenvalue weighted by Gasteiger charge is -2.06. The molecule has 2 rings (SSSR count). The van der Waals surface area contributed by atoms with Crippen LogP contribution in [0.25, 0.3) is 10.9 Å². The van der Waals surface area contributed by atoms with E-state index in [1.165, 1.54) is 22.0 Å². The largest absolute Gasteiger partial charge is 0.350 e. The second kappa shape index (κ2) is 3.16. The van der Waals surface area contributed by atoms with Crippen LogP contribution in [0.2, 0.25) is 0 Å². The summed E-state index contributed by atoms with van der Waals surface area (Å²) in [6, 6.07) is 6.77. The minimum Gasteiger partial charge on any atom is -0.350 e. The number of aryl methyl sites for hydroxylation is 2. The highest BCUT2D eigenvalue weighted by atomic mass is 14.9. The first-order valence-electron chi connectivity index (χ1n) is 5.15. The molecule has 1 heterocycles. The Morgan fingerprint density at radius 2 is 1.93 bits per heavy atom. The zero-order valence-corrected chi connectivity index (χ0v) is 9.33. The van der Waals surface area contributed by atoms with Crippen LogP contribution in [0.4, 0.5) is 0 Å². The van der Waals surface area contributed by atoms with Crippen LogP contribution in [-0.2, 0) is 7.05 Å².